The van der Waals surface area contributed by atoms with Crippen LogP contribution in [-0.2, 0) is 4.79 Å². The summed E-state index contributed by atoms with van der Waals surface area (Å²) >= 11 is 0. The van der Waals surface area contributed by atoms with Crippen molar-refractivity contribution in [2.45, 2.75) is 57.6 Å². The van der Waals surface area contributed by atoms with Gasteiger partial charge in [-0.2, -0.15) is 0 Å². The standard InChI is InChI=1S/C17H27NO3/c1-2-3-4-5-9-12-16(20)18-15(13-19)17(21)14-10-7-6-8-11-14/h6-8,10-11,15,17,19,21H,2-5,9,12-13H2,1H3,(H,18,20)/t15-,17-/m0/s1. The van der Waals surface area contributed by atoms with E-state index in [1.54, 1.807) is 12.1 Å². The minimum Gasteiger partial charge on any atom is -0.394 e. The SMILES string of the molecule is CCCCCCCC(=O)N[C@@H](CO)[C@@H](O)c1ccccc1. The summed E-state index contributed by atoms with van der Waals surface area (Å²) in [7, 11) is 0. The number of amides is 1. The van der Waals surface area contributed by atoms with Gasteiger partial charge in [-0.25, -0.2) is 0 Å². The zero-order valence-electron chi connectivity index (χ0n) is 12.8. The Labute approximate surface area is 127 Å². The summed E-state index contributed by atoms with van der Waals surface area (Å²) in [5.41, 5.74) is 0.694. The fourth-order valence-corrected chi connectivity index (χ4v) is 2.28. The number of aliphatic hydroxyl groups is 2. The van der Waals surface area contributed by atoms with Crippen LogP contribution in [0.5, 0.6) is 0 Å². The molecule has 0 spiro atoms. The van der Waals surface area contributed by atoms with Gasteiger partial charge in [-0.3, -0.25) is 4.79 Å². The number of hydrogen-bond acceptors (Lipinski definition) is 3. The van der Waals surface area contributed by atoms with E-state index in [0.29, 0.717) is 12.0 Å². The second kappa shape index (κ2) is 10.4. The Morgan fingerprint density at radius 2 is 1.81 bits per heavy atom. The van der Waals surface area contributed by atoms with Crippen LogP contribution >= 0.6 is 0 Å². The molecule has 3 N–H and O–H groups in total. The highest BCUT2D eigenvalue weighted by atomic mass is 16.3. The summed E-state index contributed by atoms with van der Waals surface area (Å²) in [5, 5.41) is 22.3. The summed E-state index contributed by atoms with van der Waals surface area (Å²) in [6.45, 7) is 1.88. The molecule has 0 aromatic heterocycles. The Morgan fingerprint density at radius 3 is 2.43 bits per heavy atom. The quantitative estimate of drug-likeness (QED) is 0.581. The van der Waals surface area contributed by atoms with Crippen molar-refractivity contribution in [1.29, 1.82) is 0 Å². The monoisotopic (exact) mass is 293 g/mol. The highest BCUT2D eigenvalue weighted by Crippen LogP contribution is 2.16. The van der Waals surface area contributed by atoms with E-state index in [-0.39, 0.29) is 12.5 Å². The van der Waals surface area contributed by atoms with Crippen LogP contribution in [-0.4, -0.2) is 28.8 Å². The van der Waals surface area contributed by atoms with E-state index in [1.165, 1.54) is 12.8 Å². The number of unbranched alkanes of at least 4 members (excludes halogenated alkanes) is 4. The first-order valence-electron chi connectivity index (χ1n) is 7.82. The van der Waals surface area contributed by atoms with Crippen LogP contribution < -0.4 is 5.32 Å². The molecule has 0 aliphatic heterocycles. The average Bonchev–Trinajstić information content (AvgIpc) is 2.52. The Morgan fingerprint density at radius 1 is 1.14 bits per heavy atom. The molecular formula is C17H27NO3. The maximum absolute atomic E-state index is 11.8. The van der Waals surface area contributed by atoms with Crippen molar-refractivity contribution in [3.05, 3.63) is 35.9 Å². The van der Waals surface area contributed by atoms with Gasteiger partial charge in [-0.05, 0) is 12.0 Å². The molecule has 1 aromatic rings. The van der Waals surface area contributed by atoms with Crippen LogP contribution in [0.1, 0.15) is 57.1 Å². The van der Waals surface area contributed by atoms with E-state index in [0.717, 1.165) is 19.3 Å². The van der Waals surface area contributed by atoms with Gasteiger partial charge in [0.05, 0.1) is 12.6 Å². The highest BCUT2D eigenvalue weighted by molar-refractivity contribution is 5.76. The molecule has 0 fully saturated rings. The molecule has 4 nitrogen and oxygen atoms in total. The molecule has 0 aliphatic carbocycles. The van der Waals surface area contributed by atoms with Gasteiger partial charge in [0, 0.05) is 6.42 Å². The Kier molecular flexibility index (Phi) is 8.71. The molecule has 118 valence electrons. The zero-order chi connectivity index (χ0) is 15.5. The Hall–Kier alpha value is -1.39. The smallest absolute Gasteiger partial charge is 0.220 e. The summed E-state index contributed by atoms with van der Waals surface area (Å²) in [6, 6.07) is 8.41. The third kappa shape index (κ3) is 6.74. The molecule has 0 heterocycles. The number of rotatable bonds is 10. The van der Waals surface area contributed by atoms with Crippen molar-refractivity contribution in [2.24, 2.45) is 0 Å². The van der Waals surface area contributed by atoms with Gasteiger partial charge in [0.2, 0.25) is 5.91 Å². The molecule has 4 heteroatoms. The Balaban J connectivity index is 2.37. The van der Waals surface area contributed by atoms with Gasteiger partial charge >= 0.3 is 0 Å². The number of aliphatic hydroxyl groups excluding tert-OH is 2. The number of benzene rings is 1. The lowest BCUT2D eigenvalue weighted by molar-refractivity contribution is -0.123. The lowest BCUT2D eigenvalue weighted by Crippen LogP contribution is -2.41. The van der Waals surface area contributed by atoms with Crippen LogP contribution in [0.4, 0.5) is 0 Å². The molecule has 1 amide bonds. The van der Waals surface area contributed by atoms with Crippen LogP contribution in [0.3, 0.4) is 0 Å². The van der Waals surface area contributed by atoms with Crippen LogP contribution in [0.25, 0.3) is 0 Å². The number of carbonyl (C=O) groups is 1. The second-order valence-electron chi connectivity index (χ2n) is 5.38. The molecule has 0 bridgehead atoms. The predicted octanol–water partition coefficient (Wildman–Crippen LogP) is 2.56. The van der Waals surface area contributed by atoms with Gasteiger partial charge in [-0.1, -0.05) is 62.9 Å². The largest absolute Gasteiger partial charge is 0.394 e. The fourth-order valence-electron chi connectivity index (χ4n) is 2.28. The molecule has 0 aliphatic rings. The van der Waals surface area contributed by atoms with E-state index in [1.807, 2.05) is 18.2 Å². The summed E-state index contributed by atoms with van der Waals surface area (Å²) < 4.78 is 0. The van der Waals surface area contributed by atoms with E-state index >= 15 is 0 Å². The number of hydrogen-bond donors (Lipinski definition) is 3. The molecule has 0 saturated carbocycles. The maximum Gasteiger partial charge on any atom is 0.220 e. The summed E-state index contributed by atoms with van der Waals surface area (Å²) in [5.74, 6) is -0.111. The third-order valence-electron chi connectivity index (χ3n) is 3.57. The van der Waals surface area contributed by atoms with Gasteiger partial charge in [0.25, 0.3) is 0 Å². The molecule has 0 unspecified atom stereocenters. The molecular weight excluding hydrogens is 266 g/mol. The van der Waals surface area contributed by atoms with Gasteiger partial charge in [-0.15, -0.1) is 0 Å². The normalized spacial score (nSPS) is 13.7. The second-order valence-corrected chi connectivity index (χ2v) is 5.38. The zero-order valence-corrected chi connectivity index (χ0v) is 12.8. The van der Waals surface area contributed by atoms with Gasteiger partial charge in [0.1, 0.15) is 6.10 Å². The van der Waals surface area contributed by atoms with Crippen molar-refractivity contribution < 1.29 is 15.0 Å². The van der Waals surface area contributed by atoms with E-state index in [2.05, 4.69) is 12.2 Å². The predicted molar refractivity (Wildman–Crippen MR) is 83.8 cm³/mol. The number of carbonyl (C=O) groups excluding carboxylic acids is 1. The number of nitrogens with one attached hydrogen (secondary N) is 1. The summed E-state index contributed by atoms with van der Waals surface area (Å²) in [6.07, 6.45) is 5.00. The molecule has 1 rings (SSSR count). The van der Waals surface area contributed by atoms with E-state index in [9.17, 15) is 15.0 Å². The van der Waals surface area contributed by atoms with Crippen molar-refractivity contribution in [1.82, 2.24) is 5.32 Å². The fraction of sp³-hybridized carbons (Fsp3) is 0.588. The van der Waals surface area contributed by atoms with Gasteiger partial charge < -0.3 is 15.5 Å². The molecule has 0 saturated heterocycles. The molecule has 0 radical (unpaired) electrons. The average molecular weight is 293 g/mol. The Bertz CT molecular complexity index is 394. The first kappa shape index (κ1) is 17.7. The summed E-state index contributed by atoms with van der Waals surface area (Å²) in [4.78, 5) is 11.8. The van der Waals surface area contributed by atoms with Crippen molar-refractivity contribution >= 4 is 5.91 Å². The van der Waals surface area contributed by atoms with Crippen LogP contribution in [0.2, 0.25) is 0 Å². The lowest BCUT2D eigenvalue weighted by Gasteiger charge is -2.22. The van der Waals surface area contributed by atoms with Crippen LogP contribution in [0.15, 0.2) is 30.3 Å². The molecule has 21 heavy (non-hydrogen) atoms. The lowest BCUT2D eigenvalue weighted by atomic mass is 10.0. The van der Waals surface area contributed by atoms with Gasteiger partial charge in [0.15, 0.2) is 0 Å². The minimum absolute atomic E-state index is 0.111. The first-order chi connectivity index (χ1) is 10.2. The van der Waals surface area contributed by atoms with E-state index < -0.39 is 12.1 Å². The highest BCUT2D eigenvalue weighted by Gasteiger charge is 2.21. The topological polar surface area (TPSA) is 69.6 Å². The van der Waals surface area contributed by atoms with Crippen LogP contribution in [0, 0.1) is 0 Å². The first-order valence-corrected chi connectivity index (χ1v) is 7.82. The minimum atomic E-state index is -0.889. The van der Waals surface area contributed by atoms with E-state index in [4.69, 9.17) is 0 Å². The molecule has 2 atom stereocenters. The van der Waals surface area contributed by atoms with Crippen molar-refractivity contribution in [2.75, 3.05) is 6.61 Å². The maximum atomic E-state index is 11.8. The van der Waals surface area contributed by atoms with Crippen molar-refractivity contribution in [3.8, 4) is 0 Å². The molecule has 1 aromatic carbocycles. The van der Waals surface area contributed by atoms with Crippen molar-refractivity contribution in [3.63, 3.8) is 0 Å². The third-order valence-corrected chi connectivity index (χ3v) is 3.57.